The van der Waals surface area contributed by atoms with E-state index < -0.39 is 0 Å². The van der Waals surface area contributed by atoms with E-state index in [1.807, 2.05) is 13.0 Å². The van der Waals surface area contributed by atoms with Crippen molar-refractivity contribution in [2.75, 3.05) is 18.0 Å². The number of piperidine rings is 1. The number of carbonyl (C=O) groups excluding carboxylic acids is 1. The molecule has 2 aromatic rings. The van der Waals surface area contributed by atoms with E-state index in [1.54, 1.807) is 11.6 Å². The number of benzene rings is 1. The zero-order valence-electron chi connectivity index (χ0n) is 13.4. The van der Waals surface area contributed by atoms with Crippen molar-refractivity contribution in [2.24, 2.45) is 18.9 Å². The van der Waals surface area contributed by atoms with Gasteiger partial charge in [-0.25, -0.2) is 4.98 Å². The highest BCUT2D eigenvalue weighted by Crippen LogP contribution is 2.46. The summed E-state index contributed by atoms with van der Waals surface area (Å²) < 4.78 is 2.34. The molecule has 6 heteroatoms. The Labute approximate surface area is 142 Å². The monoisotopic (exact) mass is 375 g/mol. The Morgan fingerprint density at radius 3 is 2.61 bits per heavy atom. The minimum atomic E-state index is -0.108. The quantitative estimate of drug-likeness (QED) is 0.757. The maximum Gasteiger partial charge on any atom is 0.263 e. The molecule has 1 aliphatic heterocycles. The van der Waals surface area contributed by atoms with Gasteiger partial charge in [0.1, 0.15) is 0 Å². The molecular formula is C17H18BrN3O2. The molecule has 5 nitrogen and oxygen atoms in total. The second-order valence-corrected chi connectivity index (χ2v) is 7.56. The molecule has 4 rings (SSSR count). The number of hydrogen-bond donors (Lipinski definition) is 0. The Kier molecular flexibility index (Phi) is 3.17. The van der Waals surface area contributed by atoms with E-state index in [0.29, 0.717) is 22.4 Å². The molecule has 0 amide bonds. The van der Waals surface area contributed by atoms with Gasteiger partial charge in [-0.05, 0) is 59.7 Å². The Morgan fingerprint density at radius 1 is 1.35 bits per heavy atom. The van der Waals surface area contributed by atoms with Crippen molar-refractivity contribution in [1.29, 1.82) is 0 Å². The molecular weight excluding hydrogens is 358 g/mol. The van der Waals surface area contributed by atoms with Crippen molar-refractivity contribution in [1.82, 2.24) is 9.55 Å². The molecule has 1 saturated heterocycles. The predicted octanol–water partition coefficient (Wildman–Crippen LogP) is 2.66. The summed E-state index contributed by atoms with van der Waals surface area (Å²) in [5.74, 6) is 2.11. The SMILES string of the molecule is CC(=O)c1cc(C)c(Br)c2c(=O)n(C)c(N3CC4CC4C3)nc12. The Bertz CT molecular complexity index is 908. The van der Waals surface area contributed by atoms with Crippen molar-refractivity contribution in [3.63, 3.8) is 0 Å². The first-order chi connectivity index (χ1) is 10.9. The molecule has 0 radical (unpaired) electrons. The summed E-state index contributed by atoms with van der Waals surface area (Å²) in [6, 6.07) is 1.81. The van der Waals surface area contributed by atoms with Crippen LogP contribution in [0.1, 0.15) is 29.3 Å². The summed E-state index contributed by atoms with van der Waals surface area (Å²) in [5, 5.41) is 0.491. The first kappa shape index (κ1) is 14.9. The van der Waals surface area contributed by atoms with Gasteiger partial charge in [0.2, 0.25) is 5.95 Å². The van der Waals surface area contributed by atoms with Gasteiger partial charge in [0.05, 0.1) is 10.9 Å². The molecule has 1 aromatic heterocycles. The van der Waals surface area contributed by atoms with Crippen LogP contribution in [0.3, 0.4) is 0 Å². The Morgan fingerprint density at radius 2 is 2.00 bits per heavy atom. The maximum atomic E-state index is 12.9. The topological polar surface area (TPSA) is 55.2 Å². The van der Waals surface area contributed by atoms with E-state index in [4.69, 9.17) is 4.98 Å². The van der Waals surface area contributed by atoms with E-state index in [2.05, 4.69) is 20.8 Å². The molecule has 2 heterocycles. The Hall–Kier alpha value is -1.69. The van der Waals surface area contributed by atoms with Crippen molar-refractivity contribution in [2.45, 2.75) is 20.3 Å². The molecule has 0 bridgehead atoms. The first-order valence-electron chi connectivity index (χ1n) is 7.84. The second kappa shape index (κ2) is 4.90. The van der Waals surface area contributed by atoms with Crippen LogP contribution in [0.5, 0.6) is 0 Å². The number of ketones is 1. The number of rotatable bonds is 2. The summed E-state index contributed by atoms with van der Waals surface area (Å²) in [5.41, 5.74) is 1.79. The number of aryl methyl sites for hydroxylation is 1. The van der Waals surface area contributed by atoms with Crippen LogP contribution in [0, 0.1) is 18.8 Å². The number of halogens is 1. The number of nitrogens with zero attached hydrogens (tertiary/aromatic N) is 3. The molecule has 2 aliphatic rings. The molecule has 1 aromatic carbocycles. The van der Waals surface area contributed by atoms with E-state index in [-0.39, 0.29) is 11.3 Å². The number of carbonyl (C=O) groups is 1. The van der Waals surface area contributed by atoms with Crippen LogP contribution >= 0.6 is 15.9 Å². The number of aromatic nitrogens is 2. The van der Waals surface area contributed by atoms with Gasteiger partial charge in [0.15, 0.2) is 5.78 Å². The molecule has 2 unspecified atom stereocenters. The van der Waals surface area contributed by atoms with Gasteiger partial charge in [0, 0.05) is 30.2 Å². The minimum absolute atomic E-state index is 0.0680. The second-order valence-electron chi connectivity index (χ2n) is 6.77. The van der Waals surface area contributed by atoms with E-state index in [1.165, 1.54) is 13.3 Å². The summed E-state index contributed by atoms with van der Waals surface area (Å²) >= 11 is 3.50. The zero-order valence-corrected chi connectivity index (χ0v) is 15.0. The van der Waals surface area contributed by atoms with Crippen LogP contribution in [0.25, 0.3) is 10.9 Å². The molecule has 1 saturated carbocycles. The van der Waals surface area contributed by atoms with Crippen LogP contribution in [-0.4, -0.2) is 28.4 Å². The lowest BCUT2D eigenvalue weighted by atomic mass is 10.0. The molecule has 2 atom stereocenters. The van der Waals surface area contributed by atoms with Gasteiger partial charge in [-0.3, -0.25) is 14.2 Å². The van der Waals surface area contributed by atoms with Crippen molar-refractivity contribution in [3.8, 4) is 0 Å². The first-order valence-corrected chi connectivity index (χ1v) is 8.63. The van der Waals surface area contributed by atoms with Gasteiger partial charge in [-0.2, -0.15) is 0 Å². The van der Waals surface area contributed by atoms with Gasteiger partial charge in [-0.1, -0.05) is 0 Å². The standard InChI is InChI=1S/C17H18BrN3O2/c1-8-4-12(9(2)22)15-13(14(8)18)16(23)20(3)17(19-15)21-6-10-5-11(10)7-21/h4,10-11H,5-7H2,1-3H3. The zero-order chi connectivity index (χ0) is 16.5. The third kappa shape index (κ3) is 2.15. The fraction of sp³-hybridized carbons (Fsp3) is 0.471. The van der Waals surface area contributed by atoms with Crippen molar-refractivity contribution >= 4 is 38.6 Å². The van der Waals surface area contributed by atoms with Crippen LogP contribution in [-0.2, 0) is 7.05 Å². The molecule has 2 fully saturated rings. The van der Waals surface area contributed by atoms with Crippen LogP contribution < -0.4 is 10.5 Å². The van der Waals surface area contributed by atoms with Crippen LogP contribution in [0.2, 0.25) is 0 Å². The van der Waals surface area contributed by atoms with E-state index in [9.17, 15) is 9.59 Å². The lowest BCUT2D eigenvalue weighted by molar-refractivity contribution is 0.101. The largest absolute Gasteiger partial charge is 0.342 e. The van der Waals surface area contributed by atoms with E-state index >= 15 is 0 Å². The predicted molar refractivity (Wildman–Crippen MR) is 93.2 cm³/mol. The number of anilines is 1. The molecule has 1 aliphatic carbocycles. The number of Topliss-reactive ketones (excluding diaryl/α,β-unsaturated/α-hetero) is 1. The van der Waals surface area contributed by atoms with Crippen LogP contribution in [0.4, 0.5) is 5.95 Å². The summed E-state index contributed by atoms with van der Waals surface area (Å²) in [6.45, 7) is 5.32. The van der Waals surface area contributed by atoms with Crippen molar-refractivity contribution in [3.05, 3.63) is 32.0 Å². The molecule has 23 heavy (non-hydrogen) atoms. The third-order valence-electron chi connectivity index (χ3n) is 5.09. The van der Waals surface area contributed by atoms with Crippen LogP contribution in [0.15, 0.2) is 15.3 Å². The lowest BCUT2D eigenvalue weighted by Gasteiger charge is -2.22. The fourth-order valence-corrected chi connectivity index (χ4v) is 4.11. The smallest absolute Gasteiger partial charge is 0.263 e. The molecule has 0 N–H and O–H groups in total. The third-order valence-corrected chi connectivity index (χ3v) is 6.11. The average molecular weight is 376 g/mol. The van der Waals surface area contributed by atoms with Gasteiger partial charge in [-0.15, -0.1) is 0 Å². The number of hydrogen-bond acceptors (Lipinski definition) is 4. The summed E-state index contributed by atoms with van der Waals surface area (Å²) in [7, 11) is 1.76. The summed E-state index contributed by atoms with van der Waals surface area (Å²) in [6.07, 6.45) is 1.29. The maximum absolute atomic E-state index is 12.9. The fourth-order valence-electron chi connectivity index (χ4n) is 3.64. The van der Waals surface area contributed by atoms with Gasteiger partial charge < -0.3 is 4.90 Å². The normalized spacial score (nSPS) is 22.5. The minimum Gasteiger partial charge on any atom is -0.342 e. The number of fused-ring (bicyclic) bond motifs is 2. The molecule has 120 valence electrons. The average Bonchev–Trinajstić information content (AvgIpc) is 3.11. The van der Waals surface area contributed by atoms with Gasteiger partial charge in [0.25, 0.3) is 5.56 Å². The highest BCUT2D eigenvalue weighted by molar-refractivity contribution is 9.10. The highest BCUT2D eigenvalue weighted by atomic mass is 79.9. The Balaban J connectivity index is 2.02. The van der Waals surface area contributed by atoms with E-state index in [0.717, 1.165) is 35.0 Å². The summed E-state index contributed by atoms with van der Waals surface area (Å²) in [4.78, 5) is 31.8. The van der Waals surface area contributed by atoms with Crippen molar-refractivity contribution < 1.29 is 4.79 Å². The lowest BCUT2D eigenvalue weighted by Crippen LogP contribution is -2.31. The highest BCUT2D eigenvalue weighted by Gasteiger charge is 2.46. The molecule has 0 spiro atoms. The van der Waals surface area contributed by atoms with Gasteiger partial charge >= 0.3 is 0 Å².